The molecule has 36 heavy (non-hydrogen) atoms. The van der Waals surface area contributed by atoms with Gasteiger partial charge >= 0.3 is 0 Å². The van der Waals surface area contributed by atoms with E-state index in [-0.39, 0.29) is 17.3 Å². The highest BCUT2D eigenvalue weighted by Gasteiger charge is 2.25. The lowest BCUT2D eigenvalue weighted by Crippen LogP contribution is -2.21. The molecule has 3 N–H and O–H groups in total. The first-order valence-corrected chi connectivity index (χ1v) is 11.4. The highest BCUT2D eigenvalue weighted by molar-refractivity contribution is 6.02. The molecule has 0 saturated heterocycles. The zero-order valence-electron chi connectivity index (χ0n) is 20.1. The second-order valence-electron chi connectivity index (χ2n) is 7.64. The molecule has 0 aliphatic heterocycles. The van der Waals surface area contributed by atoms with Gasteiger partial charge in [0.15, 0.2) is 5.69 Å². The van der Waals surface area contributed by atoms with E-state index in [0.29, 0.717) is 35.9 Å². The maximum absolute atomic E-state index is 13.1. The molecular formula is C24H26N8O4. The van der Waals surface area contributed by atoms with E-state index in [9.17, 15) is 4.79 Å². The summed E-state index contributed by atoms with van der Waals surface area (Å²) in [5, 5.41) is 19.8. The van der Waals surface area contributed by atoms with E-state index in [1.165, 1.54) is 4.68 Å². The van der Waals surface area contributed by atoms with Crippen molar-refractivity contribution in [3.63, 3.8) is 0 Å². The van der Waals surface area contributed by atoms with Crippen molar-refractivity contribution in [1.29, 1.82) is 0 Å². The van der Waals surface area contributed by atoms with Crippen molar-refractivity contribution in [1.82, 2.24) is 30.7 Å². The fraction of sp³-hybridized carbons (Fsp3) is 0.250. The maximum atomic E-state index is 13.1. The normalized spacial score (nSPS) is 11.4. The molecule has 2 aromatic carbocycles. The number of hydrogen-bond acceptors (Lipinski definition) is 10. The minimum absolute atomic E-state index is 0.00528. The Morgan fingerprint density at radius 1 is 1.11 bits per heavy atom. The van der Waals surface area contributed by atoms with Crippen LogP contribution in [0.3, 0.4) is 0 Å². The van der Waals surface area contributed by atoms with E-state index in [4.69, 9.17) is 19.8 Å². The van der Waals surface area contributed by atoms with Crippen LogP contribution in [-0.2, 0) is 0 Å². The Morgan fingerprint density at radius 2 is 1.92 bits per heavy atom. The molecule has 0 radical (unpaired) electrons. The lowest BCUT2D eigenvalue weighted by Gasteiger charge is -2.09. The molecule has 4 rings (SSSR count). The topological polar surface area (TPSA) is 156 Å². The van der Waals surface area contributed by atoms with Gasteiger partial charge in [-0.3, -0.25) is 4.79 Å². The van der Waals surface area contributed by atoms with Gasteiger partial charge in [-0.2, -0.15) is 9.78 Å². The van der Waals surface area contributed by atoms with E-state index < -0.39 is 5.91 Å². The van der Waals surface area contributed by atoms with Crippen LogP contribution in [0.5, 0.6) is 11.5 Å². The molecule has 0 fully saturated rings. The second kappa shape index (κ2) is 11.1. The van der Waals surface area contributed by atoms with Crippen molar-refractivity contribution in [3.8, 4) is 28.6 Å². The highest BCUT2D eigenvalue weighted by atomic mass is 16.6. The molecule has 1 amide bonds. The predicted molar refractivity (Wildman–Crippen MR) is 132 cm³/mol. The molecular weight excluding hydrogens is 464 g/mol. The van der Waals surface area contributed by atoms with Gasteiger partial charge in [0.1, 0.15) is 17.2 Å². The highest BCUT2D eigenvalue weighted by Crippen LogP contribution is 2.29. The molecule has 0 atom stereocenters. The number of amides is 1. The molecule has 0 spiro atoms. The van der Waals surface area contributed by atoms with Crippen LogP contribution in [0.2, 0.25) is 0 Å². The Balaban J connectivity index is 1.63. The number of ether oxygens (including phenoxy) is 2. The summed E-state index contributed by atoms with van der Waals surface area (Å²) in [7, 11) is 0. The van der Waals surface area contributed by atoms with Crippen LogP contribution in [0.4, 0.5) is 5.82 Å². The number of hydrogen-bond donors (Lipinski definition) is 2. The van der Waals surface area contributed by atoms with Crippen molar-refractivity contribution < 1.29 is 18.9 Å². The molecule has 2 heterocycles. The van der Waals surface area contributed by atoms with Gasteiger partial charge in [-0.1, -0.05) is 24.3 Å². The number of nitrogen functional groups attached to an aromatic ring is 1. The second-order valence-corrected chi connectivity index (χ2v) is 7.64. The van der Waals surface area contributed by atoms with Crippen LogP contribution in [-0.4, -0.2) is 50.1 Å². The first-order valence-electron chi connectivity index (χ1n) is 11.4. The molecule has 12 heteroatoms. The van der Waals surface area contributed by atoms with Gasteiger partial charge in [0.25, 0.3) is 5.91 Å². The Kier molecular flexibility index (Phi) is 7.54. The number of nitrogens with one attached hydrogen (secondary N) is 1. The summed E-state index contributed by atoms with van der Waals surface area (Å²) in [6, 6.07) is 14.6. The van der Waals surface area contributed by atoms with Gasteiger partial charge in [0.05, 0.1) is 18.9 Å². The first kappa shape index (κ1) is 24.4. The van der Waals surface area contributed by atoms with E-state index in [2.05, 4.69) is 31.2 Å². The quantitative estimate of drug-likeness (QED) is 0.252. The first-order chi connectivity index (χ1) is 17.5. The Bertz CT molecular complexity index is 1360. The molecule has 186 valence electrons. The van der Waals surface area contributed by atoms with Crippen molar-refractivity contribution in [3.05, 3.63) is 59.8 Å². The summed E-state index contributed by atoms with van der Waals surface area (Å²) in [5.74, 6) is 0.906. The van der Waals surface area contributed by atoms with E-state index >= 15 is 0 Å². The van der Waals surface area contributed by atoms with E-state index in [1.54, 1.807) is 31.2 Å². The Hall–Kier alpha value is -4.74. The number of carbonyl (C=O) groups is 1. The summed E-state index contributed by atoms with van der Waals surface area (Å²) >= 11 is 0. The summed E-state index contributed by atoms with van der Waals surface area (Å²) in [6.45, 7) is 6.84. The van der Waals surface area contributed by atoms with Gasteiger partial charge in [-0.15, -0.1) is 5.10 Å². The van der Waals surface area contributed by atoms with Gasteiger partial charge in [-0.05, 0) is 72.5 Å². The zero-order chi connectivity index (χ0) is 25.5. The SMILES string of the molecule is CCCOc1ccc(/C(C)=N/NC(=O)c2nnn(-c3nonc3N)c2-c2cccc(OCC)c2)cc1. The standard InChI is InChI=1S/C24H26N8O4/c1-4-13-35-18-11-9-16(10-12-18)15(3)26-28-24(33)20-21(17-7-6-8-19(14-17)34-5-2)32(31-27-20)23-22(25)29-36-30-23/h6-12,14H,4-5,13H2,1-3H3,(H2,25,29)(H,28,33)/b26-15+. The Morgan fingerprint density at radius 3 is 2.61 bits per heavy atom. The third-order valence-corrected chi connectivity index (χ3v) is 5.07. The number of carbonyl (C=O) groups excluding carboxylic acids is 1. The number of aromatic nitrogens is 5. The maximum Gasteiger partial charge on any atom is 0.294 e. The average molecular weight is 491 g/mol. The van der Waals surface area contributed by atoms with E-state index in [0.717, 1.165) is 17.7 Å². The molecule has 2 aromatic heterocycles. The molecule has 12 nitrogen and oxygen atoms in total. The lowest BCUT2D eigenvalue weighted by atomic mass is 10.1. The largest absolute Gasteiger partial charge is 0.494 e. The fourth-order valence-electron chi connectivity index (χ4n) is 3.34. The van der Waals surface area contributed by atoms with Crippen molar-refractivity contribution >= 4 is 17.4 Å². The zero-order valence-corrected chi connectivity index (χ0v) is 20.1. The van der Waals surface area contributed by atoms with Crippen LogP contribution in [0.25, 0.3) is 17.1 Å². The van der Waals surface area contributed by atoms with Crippen LogP contribution < -0.4 is 20.6 Å². The Labute approximate surface area is 207 Å². The minimum Gasteiger partial charge on any atom is -0.494 e. The van der Waals surface area contributed by atoms with Gasteiger partial charge < -0.3 is 15.2 Å². The number of nitrogens with zero attached hydrogens (tertiary/aromatic N) is 6. The van der Waals surface area contributed by atoms with Crippen molar-refractivity contribution in [2.24, 2.45) is 5.10 Å². The van der Waals surface area contributed by atoms with Gasteiger partial charge in [0, 0.05) is 5.56 Å². The molecule has 0 saturated carbocycles. The minimum atomic E-state index is -0.574. The van der Waals surface area contributed by atoms with E-state index in [1.807, 2.05) is 38.1 Å². The summed E-state index contributed by atoms with van der Waals surface area (Å²) < 4.78 is 17.2. The van der Waals surface area contributed by atoms with Gasteiger partial charge in [-0.25, -0.2) is 10.1 Å². The molecule has 0 aliphatic rings. The number of nitrogens with two attached hydrogens (primary N) is 1. The lowest BCUT2D eigenvalue weighted by molar-refractivity contribution is 0.0950. The summed E-state index contributed by atoms with van der Waals surface area (Å²) in [6.07, 6.45) is 0.927. The summed E-state index contributed by atoms with van der Waals surface area (Å²) in [5.41, 5.74) is 10.8. The molecule has 4 aromatic rings. The smallest absolute Gasteiger partial charge is 0.294 e. The number of benzene rings is 2. The van der Waals surface area contributed by atoms with Gasteiger partial charge in [0.2, 0.25) is 11.6 Å². The molecule has 0 aliphatic carbocycles. The van der Waals surface area contributed by atoms with Crippen LogP contribution in [0, 0.1) is 0 Å². The third kappa shape index (κ3) is 5.32. The average Bonchev–Trinajstić information content (AvgIpc) is 3.52. The van der Waals surface area contributed by atoms with Crippen molar-refractivity contribution in [2.45, 2.75) is 27.2 Å². The number of hydrazone groups is 1. The predicted octanol–water partition coefficient (Wildman–Crippen LogP) is 3.24. The van der Waals surface area contributed by atoms with Crippen molar-refractivity contribution in [2.75, 3.05) is 18.9 Å². The third-order valence-electron chi connectivity index (χ3n) is 5.07. The monoisotopic (exact) mass is 490 g/mol. The van der Waals surface area contributed by atoms with Crippen LogP contribution in [0.1, 0.15) is 43.2 Å². The van der Waals surface area contributed by atoms with Crippen LogP contribution in [0.15, 0.2) is 58.3 Å². The summed E-state index contributed by atoms with van der Waals surface area (Å²) in [4.78, 5) is 13.1. The number of anilines is 1. The molecule has 0 unspecified atom stereocenters. The number of rotatable bonds is 10. The molecule has 0 bridgehead atoms. The van der Waals surface area contributed by atoms with Crippen LogP contribution >= 0.6 is 0 Å². The fourth-order valence-corrected chi connectivity index (χ4v) is 3.34.